The average Bonchev–Trinajstić information content (AvgIpc) is 2.87. The molecule has 2 aromatic rings. The molecule has 0 atom stereocenters. The van der Waals surface area contributed by atoms with Crippen molar-refractivity contribution in [2.24, 2.45) is 0 Å². The standard InChI is InChI=1S/2C15H24O3S.Cu/c2*1-2-3-4-5-6-7-8-11-14-12-9-10-13-15(14)19(16,17)18;/h2*9-10,12-13H,2-8,11H2,1H3,(H,16,17,18);/q;;+2/p-2. The van der Waals surface area contributed by atoms with Gasteiger partial charge in [0.05, 0.1) is 9.79 Å². The van der Waals surface area contributed by atoms with Crippen LogP contribution in [-0.2, 0) is 50.1 Å². The zero-order chi connectivity index (χ0) is 28.3. The van der Waals surface area contributed by atoms with Crippen molar-refractivity contribution in [3.05, 3.63) is 59.7 Å². The topological polar surface area (TPSA) is 114 Å². The summed E-state index contributed by atoms with van der Waals surface area (Å²) in [5, 5.41) is 0. The van der Waals surface area contributed by atoms with Crippen LogP contribution in [0.5, 0.6) is 0 Å². The van der Waals surface area contributed by atoms with Crippen LogP contribution in [-0.4, -0.2) is 25.9 Å². The van der Waals surface area contributed by atoms with Gasteiger partial charge in [0.25, 0.3) is 0 Å². The van der Waals surface area contributed by atoms with Crippen molar-refractivity contribution in [3.8, 4) is 0 Å². The number of hydrogen-bond acceptors (Lipinski definition) is 6. The van der Waals surface area contributed by atoms with Crippen LogP contribution in [0.1, 0.15) is 115 Å². The Morgan fingerprint density at radius 3 is 1.08 bits per heavy atom. The molecule has 0 unspecified atom stereocenters. The first-order valence-corrected chi connectivity index (χ1v) is 17.0. The van der Waals surface area contributed by atoms with Crippen LogP contribution in [0.2, 0.25) is 0 Å². The van der Waals surface area contributed by atoms with Crippen LogP contribution in [0.15, 0.2) is 58.3 Å². The van der Waals surface area contributed by atoms with Crippen LogP contribution in [0, 0.1) is 0 Å². The molecule has 0 saturated carbocycles. The average molecular weight is 630 g/mol. The van der Waals surface area contributed by atoms with E-state index in [1.165, 1.54) is 76.3 Å². The normalized spacial score (nSPS) is 11.4. The van der Waals surface area contributed by atoms with E-state index in [4.69, 9.17) is 0 Å². The minimum absolute atomic E-state index is 0. The molecule has 225 valence electrons. The van der Waals surface area contributed by atoms with Crippen molar-refractivity contribution in [3.63, 3.8) is 0 Å². The van der Waals surface area contributed by atoms with Crippen molar-refractivity contribution < 1.29 is 43.0 Å². The first kappa shape index (κ1) is 37.8. The molecule has 0 fully saturated rings. The number of hydrogen-bond donors (Lipinski definition) is 0. The van der Waals surface area contributed by atoms with Gasteiger partial charge in [0.1, 0.15) is 20.2 Å². The second-order valence-corrected chi connectivity index (χ2v) is 12.6. The smallest absolute Gasteiger partial charge is 0.744 e. The summed E-state index contributed by atoms with van der Waals surface area (Å²) in [4.78, 5) is -0.109. The summed E-state index contributed by atoms with van der Waals surface area (Å²) in [5.74, 6) is 0. The molecule has 0 aliphatic rings. The van der Waals surface area contributed by atoms with Gasteiger partial charge < -0.3 is 9.11 Å². The number of aryl methyl sites for hydroxylation is 2. The molecule has 2 aromatic carbocycles. The molecular weight excluding hydrogens is 584 g/mol. The van der Waals surface area contributed by atoms with Gasteiger partial charge in [0, 0.05) is 0 Å². The van der Waals surface area contributed by atoms with E-state index >= 15 is 0 Å². The van der Waals surface area contributed by atoms with Crippen LogP contribution >= 0.6 is 0 Å². The van der Waals surface area contributed by atoms with E-state index in [0.29, 0.717) is 24.0 Å². The predicted molar refractivity (Wildman–Crippen MR) is 152 cm³/mol. The minimum atomic E-state index is -4.34. The van der Waals surface area contributed by atoms with Crippen molar-refractivity contribution in [2.45, 2.75) is 126 Å². The van der Waals surface area contributed by atoms with Gasteiger partial charge in [-0.2, -0.15) is 0 Å². The Labute approximate surface area is 248 Å². The summed E-state index contributed by atoms with van der Waals surface area (Å²) >= 11 is 0. The van der Waals surface area contributed by atoms with Gasteiger partial charge in [-0.05, 0) is 48.9 Å². The molecule has 2 rings (SSSR count). The molecular formula is C30H46CuO6S2. The molecule has 0 aliphatic heterocycles. The van der Waals surface area contributed by atoms with Crippen LogP contribution < -0.4 is 0 Å². The molecule has 39 heavy (non-hydrogen) atoms. The quantitative estimate of drug-likeness (QED) is 0.0945. The second kappa shape index (κ2) is 21.5. The molecule has 0 aromatic heterocycles. The molecule has 9 heteroatoms. The van der Waals surface area contributed by atoms with Gasteiger partial charge in [-0.25, -0.2) is 16.8 Å². The fourth-order valence-electron chi connectivity index (χ4n) is 4.45. The van der Waals surface area contributed by atoms with E-state index in [-0.39, 0.29) is 26.9 Å². The van der Waals surface area contributed by atoms with E-state index in [1.807, 2.05) is 0 Å². The first-order chi connectivity index (χ1) is 18.1. The second-order valence-electron chi connectivity index (χ2n) is 9.87. The third-order valence-corrected chi connectivity index (χ3v) is 8.46. The summed E-state index contributed by atoms with van der Waals surface area (Å²) in [7, 11) is -8.68. The van der Waals surface area contributed by atoms with E-state index < -0.39 is 20.2 Å². The summed E-state index contributed by atoms with van der Waals surface area (Å²) < 4.78 is 66.6. The largest absolute Gasteiger partial charge is 2.00 e. The molecule has 0 aliphatic carbocycles. The Hall–Kier alpha value is -1.22. The van der Waals surface area contributed by atoms with E-state index in [1.54, 1.807) is 36.4 Å². The molecule has 0 heterocycles. The maximum atomic E-state index is 11.1. The van der Waals surface area contributed by atoms with Gasteiger partial charge >= 0.3 is 17.1 Å². The maximum Gasteiger partial charge on any atom is 2.00 e. The van der Waals surface area contributed by atoms with Crippen molar-refractivity contribution in [1.82, 2.24) is 0 Å². The zero-order valence-electron chi connectivity index (χ0n) is 23.5. The van der Waals surface area contributed by atoms with Gasteiger partial charge in [0.15, 0.2) is 0 Å². The van der Waals surface area contributed by atoms with Gasteiger partial charge in [-0.3, -0.25) is 0 Å². The zero-order valence-corrected chi connectivity index (χ0v) is 26.1. The SMILES string of the molecule is CCCCCCCCCc1ccccc1S(=O)(=O)[O-].CCCCCCCCCc1ccccc1S(=O)(=O)[O-].[Cu+2]. The number of benzene rings is 2. The molecule has 0 bridgehead atoms. The molecule has 0 amide bonds. The van der Waals surface area contributed by atoms with Crippen molar-refractivity contribution >= 4 is 20.2 Å². The Morgan fingerprint density at radius 2 is 0.769 bits per heavy atom. The number of unbranched alkanes of at least 4 members (excludes halogenated alkanes) is 12. The predicted octanol–water partition coefficient (Wildman–Crippen LogP) is 7.77. The van der Waals surface area contributed by atoms with Gasteiger partial charge in [-0.1, -0.05) is 127 Å². The molecule has 6 nitrogen and oxygen atoms in total. The summed E-state index contributed by atoms with van der Waals surface area (Å²) in [6.45, 7) is 4.39. The van der Waals surface area contributed by atoms with Crippen LogP contribution in [0.25, 0.3) is 0 Å². The third-order valence-electron chi connectivity index (χ3n) is 6.58. The van der Waals surface area contributed by atoms with Gasteiger partial charge in [0.2, 0.25) is 0 Å². The summed E-state index contributed by atoms with van der Waals surface area (Å²) in [5.41, 5.74) is 1.32. The van der Waals surface area contributed by atoms with Crippen molar-refractivity contribution in [2.75, 3.05) is 0 Å². The van der Waals surface area contributed by atoms with E-state index in [0.717, 1.165) is 25.7 Å². The third kappa shape index (κ3) is 17.3. The van der Waals surface area contributed by atoms with Crippen LogP contribution in [0.3, 0.4) is 0 Å². The van der Waals surface area contributed by atoms with E-state index in [2.05, 4.69) is 13.8 Å². The fraction of sp³-hybridized carbons (Fsp3) is 0.600. The Kier molecular flexibility index (Phi) is 20.8. The Balaban J connectivity index is 0.000000722. The summed E-state index contributed by atoms with van der Waals surface area (Å²) in [6, 6.07) is 13.0. The van der Waals surface area contributed by atoms with E-state index in [9.17, 15) is 25.9 Å². The molecule has 0 spiro atoms. The first-order valence-electron chi connectivity index (χ1n) is 14.2. The molecule has 0 saturated heterocycles. The molecule has 0 N–H and O–H groups in total. The minimum Gasteiger partial charge on any atom is -0.744 e. The maximum absolute atomic E-state index is 11.1. The Bertz CT molecular complexity index is 1030. The fourth-order valence-corrected chi connectivity index (χ4v) is 5.93. The van der Waals surface area contributed by atoms with Crippen LogP contribution in [0.4, 0.5) is 0 Å². The summed E-state index contributed by atoms with van der Waals surface area (Å²) in [6.07, 6.45) is 17.9. The van der Waals surface area contributed by atoms with Gasteiger partial charge in [-0.15, -0.1) is 0 Å². The number of rotatable bonds is 18. The van der Waals surface area contributed by atoms with Crippen molar-refractivity contribution in [1.29, 1.82) is 0 Å². The monoisotopic (exact) mass is 629 g/mol. The molecule has 1 radical (unpaired) electrons. The Morgan fingerprint density at radius 1 is 0.487 bits per heavy atom.